The fourth-order valence-electron chi connectivity index (χ4n) is 3.66. The fraction of sp³-hybridized carbons (Fsp3) is 1.00. The number of aliphatic hydroxyl groups is 1. The average molecular weight is 240 g/mol. The molecule has 0 amide bonds. The van der Waals surface area contributed by atoms with E-state index in [4.69, 9.17) is 4.74 Å². The van der Waals surface area contributed by atoms with Crippen LogP contribution in [0.4, 0.5) is 0 Å². The average Bonchev–Trinajstić information content (AvgIpc) is 2.92. The van der Waals surface area contributed by atoms with Crippen molar-refractivity contribution in [2.45, 2.75) is 31.4 Å². The lowest BCUT2D eigenvalue weighted by Crippen LogP contribution is -2.46. The predicted octanol–water partition coefficient (Wildman–Crippen LogP) is 0.164. The Hall–Kier alpha value is -0.160. The number of nitrogens with zero attached hydrogens (tertiary/aromatic N) is 2. The highest BCUT2D eigenvalue weighted by molar-refractivity contribution is 4.93. The SMILES string of the molecule is OC(CN1CCOCC1)CN1CC2CCC1C2. The molecule has 1 aliphatic carbocycles. The zero-order valence-corrected chi connectivity index (χ0v) is 10.6. The number of β-amino-alcohol motifs (C(OH)–C–C–N with tert-alkyl or cyclic N) is 1. The third-order valence-corrected chi connectivity index (χ3v) is 4.54. The molecule has 0 spiro atoms. The van der Waals surface area contributed by atoms with E-state index in [-0.39, 0.29) is 6.10 Å². The van der Waals surface area contributed by atoms with Gasteiger partial charge in [0.2, 0.25) is 0 Å². The van der Waals surface area contributed by atoms with Crippen LogP contribution in [0.25, 0.3) is 0 Å². The van der Waals surface area contributed by atoms with E-state index in [2.05, 4.69) is 9.80 Å². The third kappa shape index (κ3) is 2.81. The van der Waals surface area contributed by atoms with Crippen molar-refractivity contribution < 1.29 is 9.84 Å². The monoisotopic (exact) mass is 240 g/mol. The molecule has 3 unspecified atom stereocenters. The van der Waals surface area contributed by atoms with Gasteiger partial charge in [-0.15, -0.1) is 0 Å². The third-order valence-electron chi connectivity index (χ3n) is 4.54. The van der Waals surface area contributed by atoms with E-state index in [1.807, 2.05) is 0 Å². The van der Waals surface area contributed by atoms with Crippen LogP contribution < -0.4 is 0 Å². The summed E-state index contributed by atoms with van der Waals surface area (Å²) in [6.45, 7) is 6.51. The first-order chi connectivity index (χ1) is 8.31. The lowest BCUT2D eigenvalue weighted by atomic mass is 10.1. The molecule has 2 saturated heterocycles. The van der Waals surface area contributed by atoms with E-state index < -0.39 is 0 Å². The summed E-state index contributed by atoms with van der Waals surface area (Å²) < 4.78 is 5.32. The molecular weight excluding hydrogens is 216 g/mol. The number of likely N-dealkylation sites (tertiary alicyclic amines) is 1. The molecule has 3 fully saturated rings. The molecule has 3 aliphatic rings. The molecule has 3 rings (SSSR count). The number of rotatable bonds is 4. The van der Waals surface area contributed by atoms with Gasteiger partial charge in [0.15, 0.2) is 0 Å². The van der Waals surface area contributed by atoms with Crippen LogP contribution in [-0.4, -0.2) is 73.0 Å². The first-order valence-electron chi connectivity index (χ1n) is 7.03. The van der Waals surface area contributed by atoms with E-state index in [0.717, 1.165) is 51.4 Å². The minimum Gasteiger partial charge on any atom is -0.390 e. The van der Waals surface area contributed by atoms with Crippen molar-refractivity contribution >= 4 is 0 Å². The van der Waals surface area contributed by atoms with E-state index in [1.165, 1.54) is 25.8 Å². The van der Waals surface area contributed by atoms with Gasteiger partial charge in [-0.2, -0.15) is 0 Å². The Balaban J connectivity index is 1.42. The number of hydrogen-bond donors (Lipinski definition) is 1. The van der Waals surface area contributed by atoms with E-state index in [9.17, 15) is 5.11 Å². The van der Waals surface area contributed by atoms with Gasteiger partial charge in [-0.25, -0.2) is 0 Å². The summed E-state index contributed by atoms with van der Waals surface area (Å²) >= 11 is 0. The lowest BCUT2D eigenvalue weighted by Gasteiger charge is -2.32. The van der Waals surface area contributed by atoms with Gasteiger partial charge < -0.3 is 9.84 Å². The Morgan fingerprint density at radius 3 is 2.65 bits per heavy atom. The number of aliphatic hydroxyl groups excluding tert-OH is 1. The highest BCUT2D eigenvalue weighted by atomic mass is 16.5. The van der Waals surface area contributed by atoms with Crippen molar-refractivity contribution in [1.29, 1.82) is 0 Å². The van der Waals surface area contributed by atoms with Crippen LogP contribution in [-0.2, 0) is 4.74 Å². The van der Waals surface area contributed by atoms with Crippen LogP contribution in [0.5, 0.6) is 0 Å². The molecule has 2 heterocycles. The Kier molecular flexibility index (Phi) is 3.66. The molecule has 0 aromatic heterocycles. The number of morpholine rings is 1. The molecule has 0 aromatic rings. The lowest BCUT2D eigenvalue weighted by molar-refractivity contribution is 0.00442. The first-order valence-corrected chi connectivity index (χ1v) is 7.03. The van der Waals surface area contributed by atoms with E-state index >= 15 is 0 Å². The molecular formula is C13H24N2O2. The molecule has 2 aliphatic heterocycles. The molecule has 1 N–H and O–H groups in total. The molecule has 1 saturated carbocycles. The maximum absolute atomic E-state index is 10.2. The topological polar surface area (TPSA) is 35.9 Å². The van der Waals surface area contributed by atoms with Crippen molar-refractivity contribution in [2.24, 2.45) is 5.92 Å². The van der Waals surface area contributed by atoms with Gasteiger partial charge in [0, 0.05) is 38.8 Å². The highest BCUT2D eigenvalue weighted by Gasteiger charge is 2.38. The minimum atomic E-state index is -0.188. The number of hydrogen-bond acceptors (Lipinski definition) is 4. The van der Waals surface area contributed by atoms with Crippen LogP contribution in [0.15, 0.2) is 0 Å². The zero-order chi connectivity index (χ0) is 11.7. The van der Waals surface area contributed by atoms with Gasteiger partial charge in [-0.3, -0.25) is 9.80 Å². The summed E-state index contributed by atoms with van der Waals surface area (Å²) in [5.41, 5.74) is 0. The number of fused-ring (bicyclic) bond motifs is 2. The normalized spacial score (nSPS) is 36.5. The van der Waals surface area contributed by atoms with Gasteiger partial charge in [0.05, 0.1) is 19.3 Å². The van der Waals surface area contributed by atoms with Crippen molar-refractivity contribution in [1.82, 2.24) is 9.80 Å². The van der Waals surface area contributed by atoms with E-state index in [1.54, 1.807) is 0 Å². The summed E-state index contributed by atoms with van der Waals surface area (Å²) in [5.74, 6) is 0.926. The van der Waals surface area contributed by atoms with Gasteiger partial charge in [-0.05, 0) is 25.2 Å². The van der Waals surface area contributed by atoms with Gasteiger partial charge in [0.25, 0.3) is 0 Å². The summed E-state index contributed by atoms with van der Waals surface area (Å²) in [4.78, 5) is 4.84. The maximum Gasteiger partial charge on any atom is 0.0793 e. The molecule has 17 heavy (non-hydrogen) atoms. The molecule has 98 valence electrons. The Morgan fingerprint density at radius 2 is 2.00 bits per heavy atom. The summed E-state index contributed by atoms with van der Waals surface area (Å²) in [6.07, 6.45) is 3.97. The largest absolute Gasteiger partial charge is 0.390 e. The van der Waals surface area contributed by atoms with Gasteiger partial charge >= 0.3 is 0 Å². The zero-order valence-electron chi connectivity index (χ0n) is 10.6. The van der Waals surface area contributed by atoms with Crippen molar-refractivity contribution in [3.63, 3.8) is 0 Å². The van der Waals surface area contributed by atoms with Gasteiger partial charge in [0.1, 0.15) is 0 Å². The minimum absolute atomic E-state index is 0.188. The van der Waals surface area contributed by atoms with Crippen molar-refractivity contribution in [3.05, 3.63) is 0 Å². The Labute approximate surface area is 104 Å². The van der Waals surface area contributed by atoms with Crippen LogP contribution in [0.3, 0.4) is 0 Å². The molecule has 0 aromatic carbocycles. The summed E-state index contributed by atoms with van der Waals surface area (Å²) in [7, 11) is 0. The number of piperidine rings is 1. The predicted molar refractivity (Wildman–Crippen MR) is 66.0 cm³/mol. The Morgan fingerprint density at radius 1 is 1.18 bits per heavy atom. The van der Waals surface area contributed by atoms with Crippen LogP contribution in [0, 0.1) is 5.92 Å². The fourth-order valence-corrected chi connectivity index (χ4v) is 3.66. The second-order valence-electron chi connectivity index (χ2n) is 5.85. The quantitative estimate of drug-likeness (QED) is 0.759. The second kappa shape index (κ2) is 5.22. The number of ether oxygens (including phenoxy) is 1. The van der Waals surface area contributed by atoms with Crippen molar-refractivity contribution in [2.75, 3.05) is 45.9 Å². The molecule has 4 heteroatoms. The van der Waals surface area contributed by atoms with Crippen LogP contribution in [0.2, 0.25) is 0 Å². The first kappa shape index (κ1) is 11.9. The summed E-state index contributed by atoms with van der Waals surface area (Å²) in [5, 5.41) is 10.2. The van der Waals surface area contributed by atoms with Gasteiger partial charge in [-0.1, -0.05) is 0 Å². The molecule has 0 radical (unpaired) electrons. The second-order valence-corrected chi connectivity index (χ2v) is 5.85. The standard InChI is InChI=1S/C13H24N2O2/c16-13(9-14-3-5-17-6-4-14)10-15-8-11-1-2-12(15)7-11/h11-13,16H,1-10H2. The Bertz CT molecular complexity index is 256. The van der Waals surface area contributed by atoms with Crippen LogP contribution in [0.1, 0.15) is 19.3 Å². The summed E-state index contributed by atoms with van der Waals surface area (Å²) in [6, 6.07) is 0.777. The maximum atomic E-state index is 10.2. The molecule has 2 bridgehead atoms. The molecule has 3 atom stereocenters. The molecule has 4 nitrogen and oxygen atoms in total. The highest BCUT2D eigenvalue weighted by Crippen LogP contribution is 2.37. The van der Waals surface area contributed by atoms with Crippen LogP contribution >= 0.6 is 0 Å². The van der Waals surface area contributed by atoms with E-state index in [0.29, 0.717) is 0 Å². The smallest absolute Gasteiger partial charge is 0.0793 e. The van der Waals surface area contributed by atoms with Crippen molar-refractivity contribution in [3.8, 4) is 0 Å².